The first-order valence-corrected chi connectivity index (χ1v) is 11.0. The predicted molar refractivity (Wildman–Crippen MR) is 124 cm³/mol. The van der Waals surface area contributed by atoms with Gasteiger partial charge in [0.05, 0.1) is 17.9 Å². The molecular formula is C24H23BrN4O2. The molecule has 1 amide bonds. The summed E-state index contributed by atoms with van der Waals surface area (Å²) in [4.78, 5) is 17.5. The summed E-state index contributed by atoms with van der Waals surface area (Å²) in [6.07, 6.45) is 1.78. The van der Waals surface area contributed by atoms with Gasteiger partial charge in [-0.1, -0.05) is 34.1 Å². The van der Waals surface area contributed by atoms with Crippen LogP contribution in [0.1, 0.15) is 23.0 Å². The van der Waals surface area contributed by atoms with Crippen molar-refractivity contribution >= 4 is 27.5 Å². The molecule has 0 N–H and O–H groups in total. The summed E-state index contributed by atoms with van der Waals surface area (Å²) in [6, 6.07) is 19.5. The van der Waals surface area contributed by atoms with Gasteiger partial charge in [0.15, 0.2) is 0 Å². The van der Waals surface area contributed by atoms with Crippen LogP contribution in [0.25, 0.3) is 5.69 Å². The molecule has 0 radical (unpaired) electrons. The summed E-state index contributed by atoms with van der Waals surface area (Å²) in [5.41, 5.74) is 2.67. The Hall–Kier alpha value is -3.24. The van der Waals surface area contributed by atoms with Crippen molar-refractivity contribution in [2.75, 3.05) is 37.7 Å². The molecule has 1 aliphatic rings. The second kappa shape index (κ2) is 9.27. The normalized spacial score (nSPS) is 13.7. The fraction of sp³-hybridized carbons (Fsp3) is 0.250. The molecule has 31 heavy (non-hydrogen) atoms. The number of carbonyl (C=O) groups is 1. The summed E-state index contributed by atoms with van der Waals surface area (Å²) in [5.74, 6) is 0.736. The molecule has 0 spiro atoms. The first kappa shape index (κ1) is 21.0. The lowest BCUT2D eigenvalue weighted by molar-refractivity contribution is 0.0738. The van der Waals surface area contributed by atoms with Gasteiger partial charge in [-0.2, -0.15) is 5.26 Å². The molecule has 6 nitrogen and oxygen atoms in total. The van der Waals surface area contributed by atoms with Gasteiger partial charge < -0.3 is 19.1 Å². The Labute approximate surface area is 190 Å². The van der Waals surface area contributed by atoms with E-state index in [1.54, 1.807) is 16.8 Å². The van der Waals surface area contributed by atoms with E-state index in [4.69, 9.17) is 4.74 Å². The Morgan fingerprint density at radius 3 is 2.58 bits per heavy atom. The van der Waals surface area contributed by atoms with Gasteiger partial charge in [0, 0.05) is 42.5 Å². The third-order valence-corrected chi connectivity index (χ3v) is 5.86. The molecule has 0 unspecified atom stereocenters. The van der Waals surface area contributed by atoms with Gasteiger partial charge in [-0.05, 0) is 43.3 Å². The number of nitrogens with zero attached hydrogens (tertiary/aromatic N) is 4. The number of piperazine rings is 1. The summed E-state index contributed by atoms with van der Waals surface area (Å²) in [6.45, 7) is 5.14. The van der Waals surface area contributed by atoms with Crippen molar-refractivity contribution in [3.8, 4) is 17.5 Å². The van der Waals surface area contributed by atoms with Crippen LogP contribution in [0.3, 0.4) is 0 Å². The van der Waals surface area contributed by atoms with E-state index >= 15 is 0 Å². The van der Waals surface area contributed by atoms with Crippen molar-refractivity contribution in [3.05, 3.63) is 76.5 Å². The van der Waals surface area contributed by atoms with E-state index in [-0.39, 0.29) is 5.91 Å². The summed E-state index contributed by atoms with van der Waals surface area (Å²) < 4.78 is 8.47. The largest absolute Gasteiger partial charge is 0.492 e. The van der Waals surface area contributed by atoms with Crippen LogP contribution in [0.5, 0.6) is 5.75 Å². The zero-order chi connectivity index (χ0) is 21.8. The number of rotatable bonds is 5. The molecular weight excluding hydrogens is 456 g/mol. The predicted octanol–water partition coefficient (Wildman–Crippen LogP) is 4.47. The van der Waals surface area contributed by atoms with Crippen molar-refractivity contribution in [1.82, 2.24) is 9.47 Å². The van der Waals surface area contributed by atoms with Crippen LogP contribution in [-0.4, -0.2) is 48.2 Å². The van der Waals surface area contributed by atoms with Crippen molar-refractivity contribution in [2.24, 2.45) is 0 Å². The van der Waals surface area contributed by atoms with E-state index in [9.17, 15) is 10.1 Å². The van der Waals surface area contributed by atoms with Crippen molar-refractivity contribution < 1.29 is 9.53 Å². The van der Waals surface area contributed by atoms with E-state index in [0.29, 0.717) is 44.0 Å². The van der Waals surface area contributed by atoms with Crippen LogP contribution in [0.4, 0.5) is 5.69 Å². The number of halogens is 1. The average molecular weight is 479 g/mol. The third-order valence-electron chi connectivity index (χ3n) is 5.37. The van der Waals surface area contributed by atoms with Gasteiger partial charge >= 0.3 is 0 Å². The smallest absolute Gasteiger partial charge is 0.272 e. The number of nitriles is 1. The molecule has 7 heteroatoms. The Balaban J connectivity index is 1.55. The maximum atomic E-state index is 13.4. The van der Waals surface area contributed by atoms with Gasteiger partial charge in [0.25, 0.3) is 5.91 Å². The number of ether oxygens (including phenoxy) is 1. The molecule has 0 bridgehead atoms. The Kier molecular flexibility index (Phi) is 6.28. The van der Waals surface area contributed by atoms with Crippen LogP contribution >= 0.6 is 15.9 Å². The highest BCUT2D eigenvalue weighted by Gasteiger charge is 2.28. The van der Waals surface area contributed by atoms with Gasteiger partial charge in [-0.3, -0.25) is 4.79 Å². The highest BCUT2D eigenvalue weighted by molar-refractivity contribution is 9.10. The molecule has 0 saturated carbocycles. The lowest BCUT2D eigenvalue weighted by Gasteiger charge is -2.36. The summed E-state index contributed by atoms with van der Waals surface area (Å²) in [5, 5.41) is 9.59. The number of para-hydroxylation sites is 2. The van der Waals surface area contributed by atoms with E-state index in [0.717, 1.165) is 21.6 Å². The van der Waals surface area contributed by atoms with Gasteiger partial charge in [0.2, 0.25) is 0 Å². The molecule has 158 valence electrons. The maximum Gasteiger partial charge on any atom is 0.272 e. The minimum Gasteiger partial charge on any atom is -0.492 e. The fourth-order valence-corrected chi connectivity index (χ4v) is 4.27. The van der Waals surface area contributed by atoms with Gasteiger partial charge in [-0.15, -0.1) is 0 Å². The molecule has 3 aromatic rings. The Bertz CT molecular complexity index is 1130. The van der Waals surface area contributed by atoms with Gasteiger partial charge in [-0.25, -0.2) is 0 Å². The Morgan fingerprint density at radius 1 is 1.10 bits per heavy atom. The van der Waals surface area contributed by atoms with Crippen LogP contribution in [0.15, 0.2) is 65.3 Å². The van der Waals surface area contributed by atoms with Crippen LogP contribution in [0.2, 0.25) is 0 Å². The second-order valence-corrected chi connectivity index (χ2v) is 8.14. The topological polar surface area (TPSA) is 61.5 Å². The molecule has 4 rings (SSSR count). The highest BCUT2D eigenvalue weighted by atomic mass is 79.9. The summed E-state index contributed by atoms with van der Waals surface area (Å²) >= 11 is 3.48. The molecule has 0 atom stereocenters. The number of hydrogen-bond acceptors (Lipinski definition) is 4. The number of anilines is 1. The molecule has 2 heterocycles. The maximum absolute atomic E-state index is 13.4. The van der Waals surface area contributed by atoms with Crippen molar-refractivity contribution in [3.63, 3.8) is 0 Å². The zero-order valence-corrected chi connectivity index (χ0v) is 18.9. The van der Waals surface area contributed by atoms with Gasteiger partial charge in [0.1, 0.15) is 17.5 Å². The standard InChI is InChI=1S/C24H23BrN4O2/c1-2-31-22-9-4-3-8-21(22)27-12-14-28(15-13-27)24(30)23-18(17-26)10-11-29(23)20-7-5-6-19(25)16-20/h3-11,16H,2,12-15H2,1H3. The lowest BCUT2D eigenvalue weighted by Crippen LogP contribution is -2.49. The van der Waals surface area contributed by atoms with Crippen molar-refractivity contribution in [2.45, 2.75) is 6.92 Å². The highest BCUT2D eigenvalue weighted by Crippen LogP contribution is 2.29. The molecule has 1 saturated heterocycles. The quantitative estimate of drug-likeness (QED) is 0.542. The third kappa shape index (κ3) is 4.30. The first-order chi connectivity index (χ1) is 15.1. The van der Waals surface area contributed by atoms with E-state index in [1.165, 1.54) is 0 Å². The first-order valence-electron chi connectivity index (χ1n) is 10.3. The summed E-state index contributed by atoms with van der Waals surface area (Å²) in [7, 11) is 0. The fourth-order valence-electron chi connectivity index (χ4n) is 3.88. The van der Waals surface area contributed by atoms with Crippen LogP contribution in [-0.2, 0) is 0 Å². The monoisotopic (exact) mass is 478 g/mol. The Morgan fingerprint density at radius 2 is 1.87 bits per heavy atom. The minimum atomic E-state index is -0.126. The lowest BCUT2D eigenvalue weighted by atomic mass is 10.2. The minimum absolute atomic E-state index is 0.126. The number of amides is 1. The number of hydrogen-bond donors (Lipinski definition) is 0. The zero-order valence-electron chi connectivity index (χ0n) is 17.3. The number of benzene rings is 2. The van der Waals surface area contributed by atoms with Crippen LogP contribution < -0.4 is 9.64 Å². The van der Waals surface area contributed by atoms with E-state index in [2.05, 4.69) is 33.0 Å². The molecule has 1 aliphatic heterocycles. The van der Waals surface area contributed by atoms with E-state index < -0.39 is 0 Å². The molecule has 0 aliphatic carbocycles. The molecule has 1 aromatic heterocycles. The second-order valence-electron chi connectivity index (χ2n) is 7.22. The average Bonchev–Trinajstić information content (AvgIpc) is 3.23. The number of carbonyl (C=O) groups excluding carboxylic acids is 1. The SMILES string of the molecule is CCOc1ccccc1N1CCN(C(=O)c2c(C#N)ccn2-c2cccc(Br)c2)CC1. The number of aromatic nitrogens is 1. The van der Waals surface area contributed by atoms with Crippen molar-refractivity contribution in [1.29, 1.82) is 5.26 Å². The van der Waals surface area contributed by atoms with Crippen LogP contribution in [0, 0.1) is 11.3 Å². The van der Waals surface area contributed by atoms with E-state index in [1.807, 2.05) is 54.3 Å². The molecule has 2 aromatic carbocycles. The molecule has 1 fully saturated rings.